The number of pyridine rings is 1. The molecule has 4 nitrogen and oxygen atoms in total. The highest BCUT2D eigenvalue weighted by molar-refractivity contribution is 7.99. The molecule has 3 rings (SSSR count). The van der Waals surface area contributed by atoms with Crippen molar-refractivity contribution in [2.75, 3.05) is 23.8 Å². The summed E-state index contributed by atoms with van der Waals surface area (Å²) in [6.45, 7) is 0.748. The van der Waals surface area contributed by atoms with Crippen molar-refractivity contribution in [1.82, 2.24) is 10.3 Å². The molecule has 21 heavy (non-hydrogen) atoms. The van der Waals surface area contributed by atoms with Gasteiger partial charge in [0.25, 0.3) is 5.91 Å². The lowest BCUT2D eigenvalue weighted by Crippen LogP contribution is -2.31. The predicted octanol–water partition coefficient (Wildman–Crippen LogP) is 2.69. The quantitative estimate of drug-likeness (QED) is 0.914. The number of nitrogens with one attached hydrogen (secondary N) is 1. The minimum atomic E-state index is -0.0584. The molecule has 0 unspecified atom stereocenters. The Bertz CT molecular complexity index is 653. The topological polar surface area (TPSA) is 68.0 Å². The molecule has 3 N–H and O–H groups in total. The molecule has 1 amide bonds. The zero-order chi connectivity index (χ0) is 14.7. The number of amides is 1. The molecule has 0 saturated carbocycles. The van der Waals surface area contributed by atoms with Crippen molar-refractivity contribution in [2.45, 2.75) is 12.8 Å². The van der Waals surface area contributed by atoms with E-state index in [-0.39, 0.29) is 5.91 Å². The molecule has 5 heteroatoms. The number of anilines is 1. The third kappa shape index (κ3) is 3.13. The first kappa shape index (κ1) is 14.2. The lowest BCUT2D eigenvalue weighted by molar-refractivity contribution is 0.0947. The Kier molecular flexibility index (Phi) is 4.29. The first-order valence-corrected chi connectivity index (χ1v) is 8.40. The number of thioether (sulfide) groups is 1. The summed E-state index contributed by atoms with van der Waals surface area (Å²) in [5, 5.41) is 4.75. The summed E-state index contributed by atoms with van der Waals surface area (Å²) in [7, 11) is 0. The fraction of sp³-hybridized carbons (Fsp3) is 0.375. The fourth-order valence-electron chi connectivity index (χ4n) is 2.68. The van der Waals surface area contributed by atoms with Crippen molar-refractivity contribution in [1.29, 1.82) is 0 Å². The van der Waals surface area contributed by atoms with Gasteiger partial charge in [-0.15, -0.1) is 0 Å². The van der Waals surface area contributed by atoms with E-state index in [1.165, 1.54) is 24.3 Å². The zero-order valence-electron chi connectivity index (χ0n) is 11.8. The average molecular weight is 301 g/mol. The molecule has 110 valence electrons. The van der Waals surface area contributed by atoms with E-state index < -0.39 is 0 Å². The van der Waals surface area contributed by atoms with Crippen molar-refractivity contribution in [3.8, 4) is 0 Å². The van der Waals surface area contributed by atoms with Gasteiger partial charge in [0.15, 0.2) is 0 Å². The van der Waals surface area contributed by atoms with Gasteiger partial charge in [-0.1, -0.05) is 24.3 Å². The summed E-state index contributed by atoms with van der Waals surface area (Å²) in [6.07, 6.45) is 3.95. The van der Waals surface area contributed by atoms with Crippen LogP contribution in [0.4, 0.5) is 5.82 Å². The van der Waals surface area contributed by atoms with Gasteiger partial charge in [0.05, 0.1) is 5.56 Å². The van der Waals surface area contributed by atoms with Gasteiger partial charge < -0.3 is 11.1 Å². The summed E-state index contributed by atoms with van der Waals surface area (Å²) in [4.78, 5) is 16.6. The highest BCUT2D eigenvalue weighted by Crippen LogP contribution is 2.24. The second-order valence-electron chi connectivity index (χ2n) is 5.37. The van der Waals surface area contributed by atoms with Crippen molar-refractivity contribution in [2.24, 2.45) is 5.92 Å². The highest BCUT2D eigenvalue weighted by atomic mass is 32.2. The van der Waals surface area contributed by atoms with Crippen LogP contribution in [0.3, 0.4) is 0 Å². The van der Waals surface area contributed by atoms with Crippen LogP contribution in [0.25, 0.3) is 10.8 Å². The van der Waals surface area contributed by atoms with E-state index in [0.717, 1.165) is 17.3 Å². The van der Waals surface area contributed by atoms with E-state index >= 15 is 0 Å². The minimum absolute atomic E-state index is 0.0584. The number of aromatic nitrogens is 1. The van der Waals surface area contributed by atoms with Crippen LogP contribution in [0.5, 0.6) is 0 Å². The predicted molar refractivity (Wildman–Crippen MR) is 88.5 cm³/mol. The molecule has 1 fully saturated rings. The number of benzene rings is 1. The van der Waals surface area contributed by atoms with Gasteiger partial charge in [-0.25, -0.2) is 4.98 Å². The van der Waals surface area contributed by atoms with Gasteiger partial charge in [-0.2, -0.15) is 11.8 Å². The molecular weight excluding hydrogens is 282 g/mol. The lowest BCUT2D eigenvalue weighted by Gasteiger charge is -2.21. The first-order valence-electron chi connectivity index (χ1n) is 7.25. The van der Waals surface area contributed by atoms with Crippen LogP contribution in [0.2, 0.25) is 0 Å². The van der Waals surface area contributed by atoms with Crippen molar-refractivity contribution in [3.63, 3.8) is 0 Å². The Labute approximate surface area is 128 Å². The molecule has 0 radical (unpaired) electrons. The molecule has 1 aromatic heterocycles. The number of nitrogens with zero attached hydrogens (tertiary/aromatic N) is 1. The van der Waals surface area contributed by atoms with E-state index in [0.29, 0.717) is 17.3 Å². The summed E-state index contributed by atoms with van der Waals surface area (Å²) >= 11 is 2.00. The fourth-order valence-corrected chi connectivity index (χ4v) is 3.88. The molecule has 1 aliphatic rings. The molecule has 2 aromatic rings. The summed E-state index contributed by atoms with van der Waals surface area (Å²) < 4.78 is 0. The third-order valence-electron chi connectivity index (χ3n) is 3.96. The monoisotopic (exact) mass is 301 g/mol. The molecule has 1 aromatic carbocycles. The van der Waals surface area contributed by atoms with Crippen LogP contribution in [0.1, 0.15) is 23.2 Å². The van der Waals surface area contributed by atoms with E-state index in [2.05, 4.69) is 10.3 Å². The maximum Gasteiger partial charge on any atom is 0.253 e. The number of hydrogen-bond donors (Lipinski definition) is 2. The number of carbonyl (C=O) groups is 1. The van der Waals surface area contributed by atoms with E-state index in [1.807, 2.05) is 36.0 Å². The van der Waals surface area contributed by atoms with Crippen LogP contribution in [-0.4, -0.2) is 28.9 Å². The van der Waals surface area contributed by atoms with E-state index in [4.69, 9.17) is 5.73 Å². The second-order valence-corrected chi connectivity index (χ2v) is 6.59. The lowest BCUT2D eigenvalue weighted by atomic mass is 10.0. The number of nitrogens with two attached hydrogens (primary N) is 1. The minimum Gasteiger partial charge on any atom is -0.383 e. The molecule has 1 aliphatic heterocycles. The number of nitrogen functional groups attached to an aromatic ring is 1. The first-order chi connectivity index (χ1) is 10.3. The Balaban J connectivity index is 1.77. The van der Waals surface area contributed by atoms with Gasteiger partial charge in [0.1, 0.15) is 5.82 Å². The molecule has 0 bridgehead atoms. The standard InChI is InChI=1S/C16H19N3OS/c17-15-13-4-2-1-3-12(13)14(10-18-15)16(20)19-9-11-5-7-21-8-6-11/h1-4,10-11H,5-9H2,(H2,17,18)(H,19,20). The van der Waals surface area contributed by atoms with Crippen LogP contribution >= 0.6 is 11.8 Å². The third-order valence-corrected chi connectivity index (χ3v) is 5.01. The molecule has 0 aliphatic carbocycles. The van der Waals surface area contributed by atoms with E-state index in [9.17, 15) is 4.79 Å². The summed E-state index contributed by atoms with van der Waals surface area (Å²) in [5.74, 6) is 3.41. The van der Waals surface area contributed by atoms with Crippen LogP contribution in [0, 0.1) is 5.92 Å². The second kappa shape index (κ2) is 6.35. The largest absolute Gasteiger partial charge is 0.383 e. The average Bonchev–Trinajstić information content (AvgIpc) is 2.54. The molecule has 0 spiro atoms. The van der Waals surface area contributed by atoms with Gasteiger partial charge in [0, 0.05) is 18.1 Å². The maximum absolute atomic E-state index is 12.4. The summed E-state index contributed by atoms with van der Waals surface area (Å²) in [6, 6.07) is 7.63. The highest BCUT2D eigenvalue weighted by Gasteiger charge is 2.17. The van der Waals surface area contributed by atoms with Crippen molar-refractivity contribution >= 4 is 34.3 Å². The SMILES string of the molecule is Nc1ncc(C(=O)NCC2CCSCC2)c2ccccc12. The Morgan fingerprint density at radius 3 is 2.76 bits per heavy atom. The molecule has 2 heterocycles. The van der Waals surface area contributed by atoms with Crippen molar-refractivity contribution < 1.29 is 4.79 Å². The smallest absolute Gasteiger partial charge is 0.253 e. The van der Waals surface area contributed by atoms with Gasteiger partial charge >= 0.3 is 0 Å². The maximum atomic E-state index is 12.4. The number of carbonyl (C=O) groups excluding carboxylic acids is 1. The Morgan fingerprint density at radius 1 is 1.29 bits per heavy atom. The Morgan fingerprint density at radius 2 is 2.00 bits per heavy atom. The normalized spacial score (nSPS) is 16.0. The van der Waals surface area contributed by atoms with E-state index in [1.54, 1.807) is 6.20 Å². The zero-order valence-corrected chi connectivity index (χ0v) is 12.7. The Hall–Kier alpha value is -1.75. The summed E-state index contributed by atoms with van der Waals surface area (Å²) in [5.41, 5.74) is 6.47. The van der Waals surface area contributed by atoms with Gasteiger partial charge in [-0.05, 0) is 35.7 Å². The molecular formula is C16H19N3OS. The van der Waals surface area contributed by atoms with Crippen LogP contribution in [-0.2, 0) is 0 Å². The van der Waals surface area contributed by atoms with Crippen LogP contribution in [0.15, 0.2) is 30.5 Å². The number of rotatable bonds is 3. The molecule has 1 saturated heterocycles. The molecule has 0 atom stereocenters. The van der Waals surface area contributed by atoms with Gasteiger partial charge in [-0.3, -0.25) is 4.79 Å². The van der Waals surface area contributed by atoms with Crippen LogP contribution < -0.4 is 11.1 Å². The number of hydrogen-bond acceptors (Lipinski definition) is 4. The number of fused-ring (bicyclic) bond motifs is 1. The van der Waals surface area contributed by atoms with Gasteiger partial charge in [0.2, 0.25) is 0 Å². The van der Waals surface area contributed by atoms with Crippen molar-refractivity contribution in [3.05, 3.63) is 36.0 Å².